The second-order valence-electron chi connectivity index (χ2n) is 5.96. The van der Waals surface area contributed by atoms with Gasteiger partial charge in [-0.15, -0.1) is 0 Å². The molecule has 1 aliphatic rings. The number of hydrogen-bond donors (Lipinski definition) is 1. The van der Waals surface area contributed by atoms with Gasteiger partial charge in [0.25, 0.3) is 0 Å². The van der Waals surface area contributed by atoms with Gasteiger partial charge in [-0.25, -0.2) is 0 Å². The number of ether oxygens (including phenoxy) is 2. The van der Waals surface area contributed by atoms with Crippen LogP contribution in [0.2, 0.25) is 0 Å². The molecule has 0 saturated carbocycles. The zero-order valence-electron chi connectivity index (χ0n) is 13.8. The Hall–Kier alpha value is -1.61. The van der Waals surface area contributed by atoms with Gasteiger partial charge in [-0.1, -0.05) is 12.1 Å². The van der Waals surface area contributed by atoms with Gasteiger partial charge >= 0.3 is 12.8 Å². The van der Waals surface area contributed by atoms with Gasteiger partial charge in [0, 0.05) is 18.7 Å². The fourth-order valence-corrected chi connectivity index (χ4v) is 2.97. The number of likely N-dealkylation sites (tertiary alicyclic amines) is 1. The predicted molar refractivity (Wildman–Crippen MR) is 81.9 cm³/mol. The van der Waals surface area contributed by atoms with E-state index in [9.17, 15) is 22.0 Å². The fraction of sp³-hybridized carbons (Fsp3) is 0.625. The molecule has 9 heteroatoms. The second kappa shape index (κ2) is 8.66. The molecule has 1 heterocycles. The second-order valence-corrected chi connectivity index (χ2v) is 5.96. The maximum Gasteiger partial charge on any atom is 0.401 e. The van der Waals surface area contributed by atoms with E-state index in [1.54, 1.807) is 12.1 Å². The van der Waals surface area contributed by atoms with Crippen LogP contribution in [-0.2, 0) is 6.54 Å². The lowest BCUT2D eigenvalue weighted by atomic mass is 10.1. The molecule has 1 aromatic carbocycles. The topological polar surface area (TPSA) is 33.7 Å². The van der Waals surface area contributed by atoms with Crippen LogP contribution in [0, 0.1) is 5.92 Å². The van der Waals surface area contributed by atoms with E-state index in [2.05, 4.69) is 10.1 Å². The molecule has 1 unspecified atom stereocenters. The van der Waals surface area contributed by atoms with E-state index in [1.165, 1.54) is 18.1 Å². The molecule has 1 fully saturated rings. The van der Waals surface area contributed by atoms with E-state index < -0.39 is 19.3 Å². The third-order valence-electron chi connectivity index (χ3n) is 4.01. The predicted octanol–water partition coefficient (Wildman–Crippen LogP) is 3.27. The van der Waals surface area contributed by atoms with Crippen molar-refractivity contribution in [3.8, 4) is 11.5 Å². The summed E-state index contributed by atoms with van der Waals surface area (Å²) in [5.41, 5.74) is 0.504. The zero-order valence-corrected chi connectivity index (χ0v) is 13.8. The Balaban J connectivity index is 1.86. The molecule has 142 valence electrons. The highest BCUT2D eigenvalue weighted by Crippen LogP contribution is 2.32. The Morgan fingerprint density at radius 2 is 2.08 bits per heavy atom. The summed E-state index contributed by atoms with van der Waals surface area (Å²) >= 11 is 0. The van der Waals surface area contributed by atoms with Gasteiger partial charge in [0.2, 0.25) is 0 Å². The maximum atomic E-state index is 12.6. The van der Waals surface area contributed by atoms with E-state index in [0.29, 0.717) is 31.6 Å². The molecule has 0 amide bonds. The van der Waals surface area contributed by atoms with Gasteiger partial charge in [0.1, 0.15) is 0 Å². The van der Waals surface area contributed by atoms with Crippen LogP contribution >= 0.6 is 0 Å². The monoisotopic (exact) mass is 368 g/mol. The van der Waals surface area contributed by atoms with Crippen molar-refractivity contribution in [1.82, 2.24) is 10.2 Å². The van der Waals surface area contributed by atoms with Crippen molar-refractivity contribution in [2.75, 3.05) is 33.3 Å². The Morgan fingerprint density at radius 1 is 1.32 bits per heavy atom. The Morgan fingerprint density at radius 3 is 2.72 bits per heavy atom. The van der Waals surface area contributed by atoms with E-state index in [0.717, 1.165) is 0 Å². The number of hydrogen-bond acceptors (Lipinski definition) is 4. The number of alkyl halides is 5. The minimum absolute atomic E-state index is 0.0300. The number of para-hydroxylation sites is 1. The number of methoxy groups -OCH3 is 1. The molecule has 0 spiro atoms. The minimum atomic E-state index is -4.19. The van der Waals surface area contributed by atoms with Gasteiger partial charge < -0.3 is 14.8 Å². The van der Waals surface area contributed by atoms with Crippen LogP contribution in [0.5, 0.6) is 11.5 Å². The van der Waals surface area contributed by atoms with Gasteiger partial charge in [-0.05, 0) is 31.5 Å². The van der Waals surface area contributed by atoms with E-state index in [-0.39, 0.29) is 24.0 Å². The molecule has 1 N–H and O–H groups in total. The Bertz CT molecular complexity index is 554. The number of halogens is 5. The van der Waals surface area contributed by atoms with E-state index >= 15 is 0 Å². The SMILES string of the molecule is COc1cccc(CNCC2CCN(CC(F)(F)F)C2)c1OC(F)F. The lowest BCUT2D eigenvalue weighted by Crippen LogP contribution is -2.33. The lowest BCUT2D eigenvalue weighted by Gasteiger charge is -2.18. The van der Waals surface area contributed by atoms with Crippen LogP contribution in [-0.4, -0.2) is 51.0 Å². The Kier molecular flexibility index (Phi) is 6.83. The zero-order chi connectivity index (χ0) is 18.4. The molecule has 0 aliphatic carbocycles. The normalized spacial score (nSPS) is 18.8. The highest BCUT2D eigenvalue weighted by Gasteiger charge is 2.34. The van der Waals surface area contributed by atoms with Crippen molar-refractivity contribution in [3.05, 3.63) is 23.8 Å². The van der Waals surface area contributed by atoms with Crippen molar-refractivity contribution in [1.29, 1.82) is 0 Å². The molecule has 2 rings (SSSR count). The highest BCUT2D eigenvalue weighted by molar-refractivity contribution is 5.46. The molecule has 1 aromatic rings. The summed E-state index contributed by atoms with van der Waals surface area (Å²) in [6.45, 7) is -2.34. The number of benzene rings is 1. The standard InChI is InChI=1S/C16H21F5N2O2/c1-24-13-4-2-3-12(14(13)25-15(17)18)8-22-7-11-5-6-23(9-11)10-16(19,20)21/h2-4,11,15,22H,5-10H2,1H3. The summed E-state index contributed by atoms with van der Waals surface area (Å²) in [4.78, 5) is 1.38. The maximum absolute atomic E-state index is 12.6. The number of nitrogens with zero attached hydrogens (tertiary/aromatic N) is 1. The molecule has 1 aliphatic heterocycles. The first kappa shape index (κ1) is 19.7. The number of nitrogens with one attached hydrogen (secondary N) is 1. The summed E-state index contributed by atoms with van der Waals surface area (Å²) in [7, 11) is 1.36. The quantitative estimate of drug-likeness (QED) is 0.714. The first-order valence-electron chi connectivity index (χ1n) is 7.89. The van der Waals surface area contributed by atoms with E-state index in [1.807, 2.05) is 0 Å². The van der Waals surface area contributed by atoms with Crippen molar-refractivity contribution < 1.29 is 31.4 Å². The smallest absolute Gasteiger partial charge is 0.401 e. The van der Waals surface area contributed by atoms with Crippen LogP contribution in [0.15, 0.2) is 18.2 Å². The van der Waals surface area contributed by atoms with Crippen molar-refractivity contribution >= 4 is 0 Å². The third-order valence-corrected chi connectivity index (χ3v) is 4.01. The first-order valence-corrected chi connectivity index (χ1v) is 7.89. The molecule has 25 heavy (non-hydrogen) atoms. The molecular weight excluding hydrogens is 347 g/mol. The summed E-state index contributed by atoms with van der Waals surface area (Å²) in [5, 5.41) is 3.10. The summed E-state index contributed by atoms with van der Waals surface area (Å²) < 4.78 is 71.8. The molecule has 0 bridgehead atoms. The minimum Gasteiger partial charge on any atom is -0.493 e. The average Bonchev–Trinajstić information content (AvgIpc) is 2.93. The first-order chi connectivity index (χ1) is 11.8. The lowest BCUT2D eigenvalue weighted by molar-refractivity contribution is -0.143. The van der Waals surface area contributed by atoms with Crippen LogP contribution in [0.4, 0.5) is 22.0 Å². The molecule has 1 saturated heterocycles. The molecule has 1 atom stereocenters. The van der Waals surface area contributed by atoms with Gasteiger partial charge in [0.15, 0.2) is 11.5 Å². The molecule has 0 aromatic heterocycles. The van der Waals surface area contributed by atoms with Gasteiger partial charge in [0.05, 0.1) is 13.7 Å². The van der Waals surface area contributed by atoms with Gasteiger partial charge in [-0.2, -0.15) is 22.0 Å². The highest BCUT2D eigenvalue weighted by atomic mass is 19.4. The summed E-state index contributed by atoms with van der Waals surface area (Å²) in [6.07, 6.45) is -3.52. The molecule has 0 radical (unpaired) electrons. The van der Waals surface area contributed by atoms with Crippen LogP contribution in [0.1, 0.15) is 12.0 Å². The van der Waals surface area contributed by atoms with Crippen molar-refractivity contribution in [2.45, 2.75) is 25.8 Å². The summed E-state index contributed by atoms with van der Waals surface area (Å²) in [6, 6.07) is 4.82. The average molecular weight is 368 g/mol. The summed E-state index contributed by atoms with van der Waals surface area (Å²) in [5.74, 6) is 0.266. The third kappa shape index (κ3) is 6.32. The van der Waals surface area contributed by atoms with Crippen LogP contribution in [0.3, 0.4) is 0 Å². The van der Waals surface area contributed by atoms with Crippen LogP contribution in [0.25, 0.3) is 0 Å². The molecule has 4 nitrogen and oxygen atoms in total. The Labute approximate surface area is 142 Å². The number of rotatable bonds is 8. The van der Waals surface area contributed by atoms with Gasteiger partial charge in [-0.3, -0.25) is 4.90 Å². The fourth-order valence-electron chi connectivity index (χ4n) is 2.97. The van der Waals surface area contributed by atoms with Crippen LogP contribution < -0.4 is 14.8 Å². The van der Waals surface area contributed by atoms with E-state index in [4.69, 9.17) is 4.74 Å². The largest absolute Gasteiger partial charge is 0.493 e. The molecular formula is C16H21F5N2O2. The van der Waals surface area contributed by atoms with Crippen molar-refractivity contribution in [3.63, 3.8) is 0 Å². The van der Waals surface area contributed by atoms with Crippen molar-refractivity contribution in [2.24, 2.45) is 5.92 Å².